The number of carbonyl (C=O) groups is 1. The third-order valence-electron chi connectivity index (χ3n) is 9.94. The summed E-state index contributed by atoms with van der Waals surface area (Å²) >= 11 is 7.78. The lowest BCUT2D eigenvalue weighted by Crippen LogP contribution is -2.46. The summed E-state index contributed by atoms with van der Waals surface area (Å²) in [5, 5.41) is 1.65. The lowest BCUT2D eigenvalue weighted by molar-refractivity contribution is 0.0774. The van der Waals surface area contributed by atoms with Crippen molar-refractivity contribution < 1.29 is 23.7 Å². The molecule has 0 spiro atoms. The van der Waals surface area contributed by atoms with Crippen molar-refractivity contribution in [1.82, 2.24) is 19.7 Å². The van der Waals surface area contributed by atoms with E-state index in [9.17, 15) is 4.79 Å². The molecule has 270 valence electrons. The molecule has 1 atom stereocenters. The van der Waals surface area contributed by atoms with Gasteiger partial charge in [0.05, 0.1) is 54.9 Å². The molecule has 0 bridgehead atoms. The molecule has 0 radical (unpaired) electrons. The molecule has 3 aromatic carbocycles. The van der Waals surface area contributed by atoms with Crippen LogP contribution in [0.5, 0.6) is 23.0 Å². The van der Waals surface area contributed by atoms with Crippen LogP contribution in [0, 0.1) is 0 Å². The molecule has 3 aliphatic heterocycles. The van der Waals surface area contributed by atoms with Gasteiger partial charge in [-0.05, 0) is 94.1 Å². The van der Waals surface area contributed by atoms with E-state index in [1.807, 2.05) is 53.6 Å². The zero-order valence-corrected chi connectivity index (χ0v) is 31.0. The lowest BCUT2D eigenvalue weighted by atomic mass is 10.1. The predicted octanol–water partition coefficient (Wildman–Crippen LogP) is 7.59. The minimum atomic E-state index is 0.0246. The van der Waals surface area contributed by atoms with Gasteiger partial charge in [0.25, 0.3) is 5.91 Å². The van der Waals surface area contributed by atoms with Crippen molar-refractivity contribution in [2.45, 2.75) is 44.6 Å². The number of carbonyl (C=O) groups excluding carboxylic acids is 1. The highest BCUT2D eigenvalue weighted by atomic mass is 35.5. The SMILES string of the molecule is COc1cc(-c2nc3ccc(Cl)cc3s2)ccc1OCCCCN1CCN(CCCCOc2cc3c(cc2OC)C(=O)N2CCC[C@H]2C=N3)CC1. The van der Waals surface area contributed by atoms with E-state index in [1.165, 1.54) is 0 Å². The highest BCUT2D eigenvalue weighted by molar-refractivity contribution is 7.21. The standard InChI is InChI=1S/C39H46ClN5O5S/c1-47-34-22-27(38-42-31-11-10-28(40)23-37(31)51-38)9-12-33(34)49-20-5-3-13-43-16-18-44(19-17-43)14-4-6-21-50-36-25-32-30(24-35(36)48-2)39(46)45-15-7-8-29(45)26-41-32/h9-12,22-26,29H,3-8,13-21H2,1-2H3/t29-/m0/s1. The van der Waals surface area contributed by atoms with E-state index in [0.717, 1.165) is 111 Å². The Balaban J connectivity index is 0.781. The van der Waals surface area contributed by atoms with Crippen LogP contribution in [0.3, 0.4) is 0 Å². The summed E-state index contributed by atoms with van der Waals surface area (Å²) < 4.78 is 24.6. The van der Waals surface area contributed by atoms with E-state index in [0.29, 0.717) is 46.7 Å². The van der Waals surface area contributed by atoms with Crippen LogP contribution < -0.4 is 18.9 Å². The normalized spacial score (nSPS) is 17.7. The van der Waals surface area contributed by atoms with Crippen molar-refractivity contribution in [1.29, 1.82) is 0 Å². The first kappa shape index (κ1) is 35.5. The first-order valence-corrected chi connectivity index (χ1v) is 19.2. The molecule has 4 heterocycles. The van der Waals surface area contributed by atoms with Crippen molar-refractivity contribution in [3.05, 3.63) is 59.1 Å². The lowest BCUT2D eigenvalue weighted by Gasteiger charge is -2.34. The van der Waals surface area contributed by atoms with E-state index in [2.05, 4.69) is 14.8 Å². The Bertz CT molecular complexity index is 1860. The van der Waals surface area contributed by atoms with Crippen molar-refractivity contribution in [2.75, 3.05) is 73.2 Å². The molecule has 1 amide bonds. The Morgan fingerprint density at radius 2 is 1.51 bits per heavy atom. The van der Waals surface area contributed by atoms with Crippen LogP contribution in [0.25, 0.3) is 20.8 Å². The molecule has 2 fully saturated rings. The van der Waals surface area contributed by atoms with Gasteiger partial charge in [-0.1, -0.05) is 11.6 Å². The molecule has 0 saturated carbocycles. The third-order valence-corrected chi connectivity index (χ3v) is 11.2. The summed E-state index contributed by atoms with van der Waals surface area (Å²) in [6.45, 7) is 8.53. The van der Waals surface area contributed by atoms with Crippen LogP contribution in [0.1, 0.15) is 48.9 Å². The van der Waals surface area contributed by atoms with E-state index in [-0.39, 0.29) is 11.9 Å². The number of thiazole rings is 1. The Labute approximate surface area is 308 Å². The molecule has 1 aromatic heterocycles. The number of halogens is 1. The molecule has 0 aliphatic carbocycles. The summed E-state index contributed by atoms with van der Waals surface area (Å²) in [5.74, 6) is 2.73. The molecular formula is C39H46ClN5O5S. The zero-order chi connectivity index (χ0) is 35.2. The summed E-state index contributed by atoms with van der Waals surface area (Å²) in [6.07, 6.45) is 7.98. The van der Waals surface area contributed by atoms with Gasteiger partial charge in [0.1, 0.15) is 5.01 Å². The van der Waals surface area contributed by atoms with E-state index >= 15 is 0 Å². The van der Waals surface area contributed by atoms with Crippen LogP contribution in [-0.4, -0.2) is 111 Å². The van der Waals surface area contributed by atoms with Gasteiger partial charge < -0.3 is 33.6 Å². The topological polar surface area (TPSA) is 89.0 Å². The Hall–Kier alpha value is -3.90. The van der Waals surface area contributed by atoms with Gasteiger partial charge in [-0.2, -0.15) is 0 Å². The summed E-state index contributed by atoms with van der Waals surface area (Å²) in [6, 6.07) is 15.5. The van der Waals surface area contributed by atoms with Crippen molar-refractivity contribution in [3.8, 4) is 33.6 Å². The fraction of sp³-hybridized carbons (Fsp3) is 0.462. The number of nitrogens with zero attached hydrogens (tertiary/aromatic N) is 5. The third kappa shape index (κ3) is 8.43. The molecule has 7 rings (SSSR count). The largest absolute Gasteiger partial charge is 0.493 e. The van der Waals surface area contributed by atoms with Crippen molar-refractivity contribution in [2.24, 2.45) is 4.99 Å². The molecule has 12 heteroatoms. The van der Waals surface area contributed by atoms with Crippen LogP contribution in [0.15, 0.2) is 53.5 Å². The second-order valence-corrected chi connectivity index (χ2v) is 14.8. The number of hydrogen-bond acceptors (Lipinski definition) is 10. The maximum Gasteiger partial charge on any atom is 0.256 e. The monoisotopic (exact) mass is 731 g/mol. The average Bonchev–Trinajstić information content (AvgIpc) is 3.78. The number of methoxy groups -OCH3 is 2. The molecule has 2 saturated heterocycles. The van der Waals surface area contributed by atoms with Gasteiger partial charge in [-0.25, -0.2) is 4.98 Å². The average molecular weight is 732 g/mol. The quantitative estimate of drug-likeness (QED) is 0.116. The fourth-order valence-electron chi connectivity index (χ4n) is 7.04. The number of hydrogen-bond donors (Lipinski definition) is 0. The Morgan fingerprint density at radius 1 is 0.804 bits per heavy atom. The van der Waals surface area contributed by atoms with Crippen LogP contribution in [0.4, 0.5) is 5.69 Å². The molecule has 51 heavy (non-hydrogen) atoms. The molecular weight excluding hydrogens is 686 g/mol. The van der Waals surface area contributed by atoms with Gasteiger partial charge in [-0.3, -0.25) is 9.79 Å². The van der Waals surface area contributed by atoms with Gasteiger partial charge in [0.2, 0.25) is 0 Å². The van der Waals surface area contributed by atoms with Gasteiger partial charge in [0.15, 0.2) is 23.0 Å². The highest BCUT2D eigenvalue weighted by Gasteiger charge is 2.32. The fourth-order valence-corrected chi connectivity index (χ4v) is 8.28. The van der Waals surface area contributed by atoms with Gasteiger partial charge in [0, 0.05) is 55.6 Å². The number of piperazine rings is 1. The van der Waals surface area contributed by atoms with Gasteiger partial charge >= 0.3 is 0 Å². The molecule has 4 aromatic rings. The second kappa shape index (κ2) is 16.6. The zero-order valence-electron chi connectivity index (χ0n) is 29.4. The number of aliphatic imine (C=N–C) groups is 1. The predicted molar refractivity (Wildman–Crippen MR) is 204 cm³/mol. The summed E-state index contributed by atoms with van der Waals surface area (Å²) in [4.78, 5) is 29.5. The minimum absolute atomic E-state index is 0.0246. The van der Waals surface area contributed by atoms with E-state index in [1.54, 1.807) is 31.6 Å². The van der Waals surface area contributed by atoms with Crippen molar-refractivity contribution in [3.63, 3.8) is 0 Å². The smallest absolute Gasteiger partial charge is 0.256 e. The van der Waals surface area contributed by atoms with Gasteiger partial charge in [-0.15, -0.1) is 11.3 Å². The number of unbranched alkanes of at least 4 members (excludes halogenated alkanes) is 2. The maximum absolute atomic E-state index is 13.1. The number of fused-ring (bicyclic) bond motifs is 3. The highest BCUT2D eigenvalue weighted by Crippen LogP contribution is 2.39. The number of amides is 1. The van der Waals surface area contributed by atoms with Crippen molar-refractivity contribution >= 4 is 51.0 Å². The molecule has 0 N–H and O–H groups in total. The minimum Gasteiger partial charge on any atom is -0.493 e. The molecule has 3 aliphatic rings. The first-order valence-electron chi connectivity index (χ1n) is 18.0. The van der Waals surface area contributed by atoms with Crippen LogP contribution in [-0.2, 0) is 0 Å². The summed E-state index contributed by atoms with van der Waals surface area (Å²) in [5.41, 5.74) is 3.19. The van der Waals surface area contributed by atoms with E-state index in [4.69, 9.17) is 35.5 Å². The van der Waals surface area contributed by atoms with Crippen LogP contribution in [0.2, 0.25) is 5.02 Å². The Kier molecular flexibility index (Phi) is 11.6. The number of benzene rings is 3. The van der Waals surface area contributed by atoms with E-state index < -0.39 is 0 Å². The number of aromatic nitrogens is 1. The maximum atomic E-state index is 13.1. The first-order chi connectivity index (χ1) is 25.0. The molecule has 0 unspecified atom stereocenters. The number of rotatable bonds is 15. The van der Waals surface area contributed by atoms with Crippen LogP contribution >= 0.6 is 22.9 Å². The Morgan fingerprint density at radius 3 is 2.24 bits per heavy atom. The number of ether oxygens (including phenoxy) is 4. The summed E-state index contributed by atoms with van der Waals surface area (Å²) in [7, 11) is 3.29. The second-order valence-electron chi connectivity index (χ2n) is 13.3. The molecule has 10 nitrogen and oxygen atoms in total.